The number of hydrogen-bond acceptors (Lipinski definition) is 7. The van der Waals surface area contributed by atoms with E-state index in [0.29, 0.717) is 12.8 Å². The van der Waals surface area contributed by atoms with E-state index in [0.717, 1.165) is 77.3 Å². The lowest BCUT2D eigenvalue weighted by Gasteiger charge is -2.35. The summed E-state index contributed by atoms with van der Waals surface area (Å²) >= 11 is 0. The van der Waals surface area contributed by atoms with Gasteiger partial charge < -0.3 is 4.57 Å². The molecule has 0 radical (unpaired) electrons. The monoisotopic (exact) mass is 489 g/mol. The second-order valence-corrected chi connectivity index (χ2v) is 11.3. The van der Waals surface area contributed by atoms with Crippen LogP contribution in [0.4, 0.5) is 0 Å². The molecule has 1 aliphatic carbocycles. The van der Waals surface area contributed by atoms with Gasteiger partial charge in [0, 0.05) is 35.6 Å². The summed E-state index contributed by atoms with van der Waals surface area (Å²) in [5.41, 5.74) is 6.39. The summed E-state index contributed by atoms with van der Waals surface area (Å²) in [6.07, 6.45) is 8.40. The van der Waals surface area contributed by atoms with E-state index in [9.17, 15) is 8.42 Å². The van der Waals surface area contributed by atoms with Crippen LogP contribution in [-0.4, -0.2) is 45.3 Å². The summed E-state index contributed by atoms with van der Waals surface area (Å²) in [7, 11) is -3.46. The Labute approximate surface area is 204 Å². The maximum Gasteiger partial charge on any atom is 0.264 e. The highest BCUT2D eigenvalue weighted by molar-refractivity contribution is 7.86. The molecule has 0 atom stereocenters. The van der Waals surface area contributed by atoms with Crippen LogP contribution in [0.5, 0.6) is 0 Å². The van der Waals surface area contributed by atoms with Gasteiger partial charge in [0.05, 0.1) is 34.8 Å². The molecule has 4 heterocycles. The minimum absolute atomic E-state index is 0.0785. The average Bonchev–Trinajstić information content (AvgIpc) is 3.38. The molecule has 1 aromatic carbocycles. The van der Waals surface area contributed by atoms with Crippen molar-refractivity contribution >= 4 is 21.2 Å². The van der Waals surface area contributed by atoms with Crippen LogP contribution in [0, 0.1) is 6.92 Å². The van der Waals surface area contributed by atoms with E-state index in [4.69, 9.17) is 14.2 Å². The molecule has 180 valence electrons. The van der Waals surface area contributed by atoms with E-state index in [1.807, 2.05) is 31.2 Å². The number of benzene rings is 1. The number of nitrogens with zero attached hydrogens (tertiary/aromatic N) is 5. The lowest BCUT2D eigenvalue weighted by atomic mass is 9.72. The maximum absolute atomic E-state index is 11.6. The second kappa shape index (κ2) is 8.20. The van der Waals surface area contributed by atoms with Gasteiger partial charge in [-0.3, -0.25) is 19.1 Å². The first-order valence-corrected chi connectivity index (χ1v) is 13.8. The van der Waals surface area contributed by atoms with Crippen molar-refractivity contribution in [1.29, 1.82) is 0 Å². The Morgan fingerprint density at radius 1 is 1.00 bits per heavy atom. The van der Waals surface area contributed by atoms with E-state index in [2.05, 4.69) is 26.7 Å². The van der Waals surface area contributed by atoms with Crippen LogP contribution in [0.1, 0.15) is 43.6 Å². The SMILES string of the molecule is Cc1cccc(-c2nc3n(c2-c2ccc4nccnc4c2)CC[C@]32CC[C@H](OS(C)(=O)=O)CC2)n1. The van der Waals surface area contributed by atoms with E-state index in [1.54, 1.807) is 12.4 Å². The Morgan fingerprint density at radius 3 is 2.51 bits per heavy atom. The van der Waals surface area contributed by atoms with Crippen molar-refractivity contribution in [3.63, 3.8) is 0 Å². The molecule has 0 N–H and O–H groups in total. The highest BCUT2D eigenvalue weighted by Gasteiger charge is 2.46. The Hall–Kier alpha value is -3.17. The third kappa shape index (κ3) is 4.02. The second-order valence-electron chi connectivity index (χ2n) is 9.74. The van der Waals surface area contributed by atoms with Crippen LogP contribution < -0.4 is 0 Å². The first kappa shape index (κ1) is 22.3. The predicted octanol–water partition coefficient (Wildman–Crippen LogP) is 4.42. The van der Waals surface area contributed by atoms with Gasteiger partial charge in [0.1, 0.15) is 11.5 Å². The average molecular weight is 490 g/mol. The maximum atomic E-state index is 11.6. The van der Waals surface area contributed by atoms with Gasteiger partial charge in [0.15, 0.2) is 0 Å². The zero-order chi connectivity index (χ0) is 24.2. The molecule has 9 heteroatoms. The number of imidazole rings is 1. The fraction of sp³-hybridized carbons (Fsp3) is 0.385. The Bertz CT molecular complexity index is 1540. The summed E-state index contributed by atoms with van der Waals surface area (Å²) in [6.45, 7) is 2.85. The molecule has 1 saturated carbocycles. The molecule has 0 amide bonds. The highest BCUT2D eigenvalue weighted by Crippen LogP contribution is 2.50. The largest absolute Gasteiger partial charge is 0.327 e. The molecular formula is C26H27N5O3S. The predicted molar refractivity (Wildman–Crippen MR) is 133 cm³/mol. The van der Waals surface area contributed by atoms with Crippen LogP contribution >= 0.6 is 0 Å². The standard InChI is InChI=1S/C26H27N5O3S/c1-17-4-3-5-21(29-17)23-24(18-6-7-20-22(16-18)28-14-13-27-20)31-15-12-26(25(31)30-23)10-8-19(9-11-26)34-35(2,32)33/h3-7,13-14,16,19H,8-12,15H2,1-2H3/t19-,26+. The molecule has 0 unspecified atom stereocenters. The van der Waals surface area contributed by atoms with E-state index in [1.165, 1.54) is 0 Å². The molecule has 1 spiro atoms. The molecule has 2 aliphatic rings. The van der Waals surface area contributed by atoms with Crippen molar-refractivity contribution < 1.29 is 12.6 Å². The first-order valence-electron chi connectivity index (χ1n) is 12.0. The normalized spacial score (nSPS) is 22.1. The van der Waals surface area contributed by atoms with Crippen LogP contribution in [-0.2, 0) is 26.3 Å². The van der Waals surface area contributed by atoms with Gasteiger partial charge in [-0.25, -0.2) is 4.98 Å². The molecule has 1 fully saturated rings. The molecule has 8 nitrogen and oxygen atoms in total. The van der Waals surface area contributed by atoms with Crippen LogP contribution in [0.3, 0.4) is 0 Å². The number of rotatable bonds is 4. The van der Waals surface area contributed by atoms with Crippen molar-refractivity contribution in [2.75, 3.05) is 6.26 Å². The van der Waals surface area contributed by atoms with Crippen molar-refractivity contribution in [2.45, 2.75) is 57.1 Å². The molecule has 4 aromatic rings. The molecule has 0 bridgehead atoms. The van der Waals surface area contributed by atoms with E-state index >= 15 is 0 Å². The quantitative estimate of drug-likeness (QED) is 0.391. The van der Waals surface area contributed by atoms with Crippen LogP contribution in [0.25, 0.3) is 33.7 Å². The van der Waals surface area contributed by atoms with Gasteiger partial charge in [0.2, 0.25) is 0 Å². The highest BCUT2D eigenvalue weighted by atomic mass is 32.2. The molecule has 6 rings (SSSR count). The third-order valence-electron chi connectivity index (χ3n) is 7.33. The van der Waals surface area contributed by atoms with Crippen molar-refractivity contribution in [2.24, 2.45) is 0 Å². The van der Waals surface area contributed by atoms with Gasteiger partial charge in [-0.05, 0) is 63.3 Å². The summed E-state index contributed by atoms with van der Waals surface area (Å²) in [4.78, 5) is 19.0. The topological polar surface area (TPSA) is 99.9 Å². The van der Waals surface area contributed by atoms with Crippen LogP contribution in [0.2, 0.25) is 0 Å². The molecule has 3 aromatic heterocycles. The smallest absolute Gasteiger partial charge is 0.264 e. The Kier molecular flexibility index (Phi) is 5.23. The van der Waals surface area contributed by atoms with Gasteiger partial charge in [-0.1, -0.05) is 12.1 Å². The lowest BCUT2D eigenvalue weighted by molar-refractivity contribution is 0.121. The summed E-state index contributed by atoms with van der Waals surface area (Å²) < 4.78 is 30.9. The fourth-order valence-corrected chi connectivity index (χ4v) is 6.42. The zero-order valence-corrected chi connectivity index (χ0v) is 20.6. The number of hydrogen-bond donors (Lipinski definition) is 0. The Balaban J connectivity index is 1.46. The number of aromatic nitrogens is 5. The van der Waals surface area contributed by atoms with Crippen molar-refractivity contribution in [3.8, 4) is 22.6 Å². The number of fused-ring (bicyclic) bond motifs is 3. The molecule has 35 heavy (non-hydrogen) atoms. The van der Waals surface area contributed by atoms with Gasteiger partial charge in [-0.15, -0.1) is 0 Å². The van der Waals surface area contributed by atoms with Gasteiger partial charge in [0.25, 0.3) is 10.1 Å². The molecular weight excluding hydrogens is 462 g/mol. The summed E-state index contributed by atoms with van der Waals surface area (Å²) in [5.74, 6) is 1.07. The number of pyridine rings is 1. The van der Waals surface area contributed by atoms with E-state index in [-0.39, 0.29) is 11.5 Å². The fourth-order valence-electron chi connectivity index (χ4n) is 5.73. The summed E-state index contributed by atoms with van der Waals surface area (Å²) in [6, 6.07) is 12.2. The van der Waals surface area contributed by atoms with Crippen molar-refractivity contribution in [1.82, 2.24) is 24.5 Å². The lowest BCUT2D eigenvalue weighted by Crippen LogP contribution is -2.34. The molecule has 0 saturated heterocycles. The number of aryl methyl sites for hydroxylation is 1. The molecule has 1 aliphatic heterocycles. The Morgan fingerprint density at radius 2 is 1.77 bits per heavy atom. The van der Waals surface area contributed by atoms with Gasteiger partial charge >= 0.3 is 0 Å². The third-order valence-corrected chi connectivity index (χ3v) is 7.95. The van der Waals surface area contributed by atoms with Crippen LogP contribution in [0.15, 0.2) is 48.8 Å². The van der Waals surface area contributed by atoms with Crippen molar-refractivity contribution in [3.05, 3.63) is 60.3 Å². The van der Waals surface area contributed by atoms with Gasteiger partial charge in [-0.2, -0.15) is 8.42 Å². The minimum atomic E-state index is -3.46. The van der Waals surface area contributed by atoms with E-state index < -0.39 is 10.1 Å². The summed E-state index contributed by atoms with van der Waals surface area (Å²) in [5, 5.41) is 0. The first-order chi connectivity index (χ1) is 16.8. The zero-order valence-electron chi connectivity index (χ0n) is 19.8. The minimum Gasteiger partial charge on any atom is -0.327 e.